The van der Waals surface area contributed by atoms with Gasteiger partial charge in [0.2, 0.25) is 0 Å². The maximum absolute atomic E-state index is 5.77. The highest BCUT2D eigenvalue weighted by molar-refractivity contribution is 6.69. The van der Waals surface area contributed by atoms with Crippen molar-refractivity contribution < 1.29 is 17.7 Å². The summed E-state index contributed by atoms with van der Waals surface area (Å²) < 4.78 is 22.9. The van der Waals surface area contributed by atoms with Crippen molar-refractivity contribution in [3.8, 4) is 0 Å². The standard InChI is InChI=1S/C12H28O4Si2/c1-7-13-18(14-8-2,15-9-3)12-10-11-16-17(4,5)6/h10,12H,7-9,11H2,1-6H3/b12-10+. The maximum atomic E-state index is 5.77. The van der Waals surface area contributed by atoms with Crippen LogP contribution in [0.5, 0.6) is 0 Å². The second kappa shape index (κ2) is 9.00. The summed E-state index contributed by atoms with van der Waals surface area (Å²) in [7, 11) is -4.10. The van der Waals surface area contributed by atoms with E-state index in [-0.39, 0.29) is 0 Å². The zero-order valence-corrected chi connectivity index (χ0v) is 14.6. The smallest absolute Gasteiger partial charge is 0.414 e. The third-order valence-corrected chi connectivity index (χ3v) is 5.72. The molecule has 0 radical (unpaired) electrons. The first-order valence-electron chi connectivity index (χ1n) is 6.62. The Morgan fingerprint density at radius 2 is 1.22 bits per heavy atom. The molecule has 0 fully saturated rings. The molecule has 108 valence electrons. The Hall–Kier alpha value is 0.0138. The average Bonchev–Trinajstić information content (AvgIpc) is 2.24. The van der Waals surface area contributed by atoms with Gasteiger partial charge in [0.25, 0.3) is 0 Å². The number of hydrogen-bond donors (Lipinski definition) is 0. The van der Waals surface area contributed by atoms with E-state index in [0.717, 1.165) is 0 Å². The Labute approximate surface area is 114 Å². The van der Waals surface area contributed by atoms with Gasteiger partial charge in [0, 0.05) is 19.8 Å². The lowest BCUT2D eigenvalue weighted by Crippen LogP contribution is -2.44. The fraction of sp³-hybridized carbons (Fsp3) is 0.833. The van der Waals surface area contributed by atoms with Crippen molar-refractivity contribution >= 4 is 17.1 Å². The molecule has 0 aliphatic heterocycles. The molecule has 4 nitrogen and oxygen atoms in total. The summed E-state index contributed by atoms with van der Waals surface area (Å²) in [5.74, 6) is 0. The molecule has 0 aliphatic carbocycles. The molecule has 0 saturated heterocycles. The molecule has 0 rings (SSSR count). The van der Waals surface area contributed by atoms with E-state index < -0.39 is 17.1 Å². The first-order valence-corrected chi connectivity index (χ1v) is 11.8. The van der Waals surface area contributed by atoms with Crippen LogP contribution in [-0.4, -0.2) is 43.5 Å². The zero-order valence-electron chi connectivity index (χ0n) is 12.6. The van der Waals surface area contributed by atoms with Crippen molar-refractivity contribution in [3.05, 3.63) is 11.8 Å². The van der Waals surface area contributed by atoms with Gasteiger partial charge in [-0.2, -0.15) is 0 Å². The molecule has 0 aromatic rings. The zero-order chi connectivity index (χ0) is 14.1. The van der Waals surface area contributed by atoms with Crippen LogP contribution < -0.4 is 0 Å². The summed E-state index contributed by atoms with van der Waals surface area (Å²) in [6.45, 7) is 14.7. The predicted octanol–water partition coefficient (Wildman–Crippen LogP) is 2.98. The summed E-state index contributed by atoms with van der Waals surface area (Å²) in [5.41, 5.74) is 1.93. The Bertz CT molecular complexity index is 222. The molecule has 0 aromatic carbocycles. The molecule has 0 spiro atoms. The average molecular weight is 293 g/mol. The van der Waals surface area contributed by atoms with Gasteiger partial charge in [0.15, 0.2) is 8.32 Å². The lowest BCUT2D eigenvalue weighted by atomic mass is 10.7. The minimum atomic E-state index is -2.64. The van der Waals surface area contributed by atoms with Gasteiger partial charge >= 0.3 is 8.80 Å². The molecule has 0 bridgehead atoms. The summed E-state index contributed by atoms with van der Waals surface area (Å²) >= 11 is 0. The van der Waals surface area contributed by atoms with Crippen LogP contribution in [0, 0.1) is 0 Å². The summed E-state index contributed by atoms with van der Waals surface area (Å²) in [5, 5.41) is 0. The van der Waals surface area contributed by atoms with E-state index in [4.69, 9.17) is 17.7 Å². The number of rotatable bonds is 10. The molecule has 0 N–H and O–H groups in total. The van der Waals surface area contributed by atoms with Gasteiger partial charge < -0.3 is 17.7 Å². The van der Waals surface area contributed by atoms with E-state index in [1.165, 1.54) is 0 Å². The quantitative estimate of drug-likeness (QED) is 0.580. The fourth-order valence-corrected chi connectivity index (χ4v) is 4.09. The van der Waals surface area contributed by atoms with Crippen molar-refractivity contribution in [2.75, 3.05) is 26.4 Å². The molecule has 0 saturated carbocycles. The van der Waals surface area contributed by atoms with Gasteiger partial charge in [-0.05, 0) is 46.1 Å². The summed E-state index contributed by atoms with van der Waals surface area (Å²) in [4.78, 5) is 0. The molecule has 18 heavy (non-hydrogen) atoms. The van der Waals surface area contributed by atoms with Crippen molar-refractivity contribution in [2.24, 2.45) is 0 Å². The maximum Gasteiger partial charge on any atom is 0.529 e. The Morgan fingerprint density at radius 1 is 0.778 bits per heavy atom. The molecular formula is C12H28O4Si2. The first-order chi connectivity index (χ1) is 8.39. The van der Waals surface area contributed by atoms with Crippen LogP contribution in [-0.2, 0) is 17.7 Å². The molecular weight excluding hydrogens is 264 g/mol. The molecule has 0 amide bonds. The van der Waals surface area contributed by atoms with E-state index in [1.807, 2.05) is 32.5 Å². The third-order valence-electron chi connectivity index (χ3n) is 1.97. The normalized spacial score (nSPS) is 13.4. The second-order valence-corrected chi connectivity index (χ2v) is 11.6. The van der Waals surface area contributed by atoms with E-state index in [0.29, 0.717) is 26.4 Å². The SMILES string of the molecule is CCO[Si](/C=C/CO[Si](C)(C)C)(OCC)OCC. The fourth-order valence-electron chi connectivity index (χ4n) is 1.36. The monoisotopic (exact) mass is 292 g/mol. The Morgan fingerprint density at radius 3 is 1.56 bits per heavy atom. The molecule has 0 unspecified atom stereocenters. The van der Waals surface area contributed by atoms with Crippen LogP contribution in [0.15, 0.2) is 11.8 Å². The third kappa shape index (κ3) is 8.17. The molecule has 0 heterocycles. The largest absolute Gasteiger partial charge is 0.529 e. The Kier molecular flexibility index (Phi) is 9.01. The van der Waals surface area contributed by atoms with Crippen molar-refractivity contribution in [1.82, 2.24) is 0 Å². The topological polar surface area (TPSA) is 36.9 Å². The second-order valence-electron chi connectivity index (χ2n) is 4.73. The van der Waals surface area contributed by atoms with Crippen molar-refractivity contribution in [1.29, 1.82) is 0 Å². The highest BCUT2D eigenvalue weighted by Crippen LogP contribution is 2.12. The molecule has 0 atom stereocenters. The minimum absolute atomic E-state index is 0.589. The van der Waals surface area contributed by atoms with E-state index >= 15 is 0 Å². The van der Waals surface area contributed by atoms with Crippen LogP contribution in [0.1, 0.15) is 20.8 Å². The van der Waals surface area contributed by atoms with Crippen molar-refractivity contribution in [3.63, 3.8) is 0 Å². The van der Waals surface area contributed by atoms with Crippen LogP contribution in [0.25, 0.3) is 0 Å². The molecule has 0 aromatic heterocycles. The van der Waals surface area contributed by atoms with Gasteiger partial charge in [-0.15, -0.1) is 0 Å². The lowest BCUT2D eigenvalue weighted by molar-refractivity contribution is 0.0841. The summed E-state index contributed by atoms with van der Waals surface area (Å²) in [6, 6.07) is 0. The molecule has 6 heteroatoms. The Balaban J connectivity index is 4.49. The lowest BCUT2D eigenvalue weighted by Gasteiger charge is -2.25. The highest BCUT2D eigenvalue weighted by Gasteiger charge is 2.37. The summed E-state index contributed by atoms with van der Waals surface area (Å²) in [6.07, 6.45) is 1.96. The van der Waals surface area contributed by atoms with E-state index in [9.17, 15) is 0 Å². The first kappa shape index (κ1) is 18.0. The van der Waals surface area contributed by atoms with E-state index in [2.05, 4.69) is 19.6 Å². The van der Waals surface area contributed by atoms with Crippen LogP contribution in [0.4, 0.5) is 0 Å². The van der Waals surface area contributed by atoms with Crippen LogP contribution in [0.2, 0.25) is 19.6 Å². The predicted molar refractivity (Wildman–Crippen MR) is 79.1 cm³/mol. The van der Waals surface area contributed by atoms with Crippen molar-refractivity contribution in [2.45, 2.75) is 40.4 Å². The van der Waals surface area contributed by atoms with Gasteiger partial charge in [0.05, 0.1) is 6.61 Å². The number of hydrogen-bond acceptors (Lipinski definition) is 4. The highest BCUT2D eigenvalue weighted by atomic mass is 28.4. The van der Waals surface area contributed by atoms with Crippen LogP contribution >= 0.6 is 0 Å². The minimum Gasteiger partial charge on any atom is -0.414 e. The van der Waals surface area contributed by atoms with Crippen LogP contribution in [0.3, 0.4) is 0 Å². The van der Waals surface area contributed by atoms with Gasteiger partial charge in [-0.3, -0.25) is 0 Å². The van der Waals surface area contributed by atoms with Gasteiger partial charge in [-0.1, -0.05) is 6.08 Å². The van der Waals surface area contributed by atoms with E-state index in [1.54, 1.807) is 0 Å². The van der Waals surface area contributed by atoms with Gasteiger partial charge in [0.1, 0.15) is 0 Å². The van der Waals surface area contributed by atoms with Gasteiger partial charge in [-0.25, -0.2) is 0 Å². The molecule has 0 aliphatic rings.